The fraction of sp³-hybridized carbons (Fsp3) is 0.273. The summed E-state index contributed by atoms with van der Waals surface area (Å²) in [5.41, 5.74) is 3.97. The van der Waals surface area contributed by atoms with Gasteiger partial charge in [-0.1, -0.05) is 37.6 Å². The van der Waals surface area contributed by atoms with Gasteiger partial charge in [0.2, 0.25) is 11.8 Å². The van der Waals surface area contributed by atoms with Gasteiger partial charge >= 0.3 is 0 Å². The lowest BCUT2D eigenvalue weighted by molar-refractivity contribution is -0.134. The second-order valence-electron chi connectivity index (χ2n) is 10.0. The van der Waals surface area contributed by atoms with Crippen molar-refractivity contribution in [3.63, 3.8) is 0 Å². The zero-order valence-corrected chi connectivity index (χ0v) is 23.5. The van der Waals surface area contributed by atoms with Crippen LogP contribution in [-0.2, 0) is 16.0 Å². The molecular weight excluding hydrogens is 521 g/mol. The quantitative estimate of drug-likeness (QED) is 0.243. The molecule has 0 fully saturated rings. The van der Waals surface area contributed by atoms with E-state index in [1.165, 1.54) is 12.1 Å². The number of amides is 2. The van der Waals surface area contributed by atoms with Crippen molar-refractivity contribution < 1.29 is 23.5 Å². The van der Waals surface area contributed by atoms with Crippen molar-refractivity contribution in [1.82, 2.24) is 9.47 Å². The SMILES string of the molecule is CCCCN(CC(=O)N1c2ccccc2-n2cccc2C1c1cc(OC)ccc1OC)C(=O)Cc1ccc(F)cc1. The number of hydrogen-bond donors (Lipinski definition) is 0. The van der Waals surface area contributed by atoms with Crippen molar-refractivity contribution in [2.24, 2.45) is 0 Å². The third-order valence-electron chi connectivity index (χ3n) is 7.45. The molecule has 1 aromatic heterocycles. The van der Waals surface area contributed by atoms with Crippen LogP contribution in [0.15, 0.2) is 85.1 Å². The largest absolute Gasteiger partial charge is 0.497 e. The molecule has 0 bridgehead atoms. The van der Waals surface area contributed by atoms with Gasteiger partial charge in [0.15, 0.2) is 0 Å². The van der Waals surface area contributed by atoms with Crippen LogP contribution in [-0.4, -0.2) is 48.6 Å². The number of anilines is 1. The fourth-order valence-corrected chi connectivity index (χ4v) is 5.38. The van der Waals surface area contributed by atoms with E-state index in [4.69, 9.17) is 9.47 Å². The minimum absolute atomic E-state index is 0.0872. The summed E-state index contributed by atoms with van der Waals surface area (Å²) in [5.74, 6) is 0.512. The van der Waals surface area contributed by atoms with E-state index in [2.05, 4.69) is 4.57 Å². The minimum atomic E-state index is -0.530. The Bertz CT molecular complexity index is 1530. The Hall–Kier alpha value is -4.59. The second-order valence-corrected chi connectivity index (χ2v) is 10.0. The average molecular weight is 556 g/mol. The van der Waals surface area contributed by atoms with Crippen molar-refractivity contribution in [1.29, 1.82) is 0 Å². The maximum Gasteiger partial charge on any atom is 0.247 e. The van der Waals surface area contributed by atoms with Crippen molar-refractivity contribution in [3.05, 3.63) is 108 Å². The number of ether oxygens (including phenoxy) is 2. The molecule has 0 N–H and O–H groups in total. The van der Waals surface area contributed by atoms with E-state index in [0.717, 1.165) is 35.5 Å². The van der Waals surface area contributed by atoms with Gasteiger partial charge in [0, 0.05) is 18.3 Å². The number of unbranched alkanes of at least 4 members (excludes halogenated alkanes) is 1. The summed E-state index contributed by atoms with van der Waals surface area (Å²) in [6.45, 7) is 2.39. The van der Waals surface area contributed by atoms with Gasteiger partial charge in [-0.2, -0.15) is 0 Å². The third kappa shape index (κ3) is 5.68. The maximum atomic E-state index is 14.4. The van der Waals surface area contributed by atoms with Gasteiger partial charge in [-0.25, -0.2) is 4.39 Å². The number of halogens is 1. The van der Waals surface area contributed by atoms with E-state index in [1.54, 1.807) is 36.2 Å². The highest BCUT2D eigenvalue weighted by molar-refractivity contribution is 6.00. The molecular formula is C33H34FN3O4. The lowest BCUT2D eigenvalue weighted by Crippen LogP contribution is -2.47. The van der Waals surface area contributed by atoms with Crippen LogP contribution in [0.1, 0.15) is 42.6 Å². The molecule has 0 saturated heterocycles. The summed E-state index contributed by atoms with van der Waals surface area (Å²) in [4.78, 5) is 31.3. The highest BCUT2D eigenvalue weighted by Crippen LogP contribution is 2.45. The Morgan fingerprint density at radius 3 is 2.39 bits per heavy atom. The van der Waals surface area contributed by atoms with Crippen LogP contribution < -0.4 is 14.4 Å². The number of fused-ring (bicyclic) bond motifs is 3. The Labute approximate surface area is 239 Å². The summed E-state index contributed by atoms with van der Waals surface area (Å²) >= 11 is 0. The molecule has 41 heavy (non-hydrogen) atoms. The number of hydrogen-bond acceptors (Lipinski definition) is 4. The molecule has 1 unspecified atom stereocenters. The number of benzene rings is 3. The van der Waals surface area contributed by atoms with E-state index >= 15 is 0 Å². The molecule has 2 heterocycles. The van der Waals surface area contributed by atoms with E-state index < -0.39 is 6.04 Å². The van der Waals surface area contributed by atoms with Gasteiger partial charge in [-0.15, -0.1) is 0 Å². The van der Waals surface area contributed by atoms with Gasteiger partial charge < -0.3 is 18.9 Å². The Kier molecular flexibility index (Phi) is 8.38. The molecule has 7 nitrogen and oxygen atoms in total. The molecule has 8 heteroatoms. The third-order valence-corrected chi connectivity index (χ3v) is 7.45. The summed E-state index contributed by atoms with van der Waals surface area (Å²) < 4.78 is 26.8. The number of methoxy groups -OCH3 is 2. The summed E-state index contributed by atoms with van der Waals surface area (Å²) in [7, 11) is 3.21. The van der Waals surface area contributed by atoms with Crippen LogP contribution in [0.2, 0.25) is 0 Å². The standard InChI is InChI=1S/C33H34FN3O4/c1-4-5-18-35(31(38)20-23-12-14-24(34)15-13-23)22-32(39)37-28-10-7-6-9-27(28)36-19-8-11-29(36)33(37)26-21-25(40-2)16-17-30(26)41-3/h6-17,19,21,33H,4-5,18,20,22H2,1-3H3. The molecule has 0 radical (unpaired) electrons. The molecule has 0 saturated carbocycles. The van der Waals surface area contributed by atoms with Crippen LogP contribution in [0, 0.1) is 5.82 Å². The van der Waals surface area contributed by atoms with Crippen LogP contribution in [0.3, 0.4) is 0 Å². The average Bonchev–Trinajstić information content (AvgIpc) is 3.49. The van der Waals surface area contributed by atoms with Crippen LogP contribution >= 0.6 is 0 Å². The number of rotatable bonds is 10. The molecule has 2 amide bonds. The summed E-state index contributed by atoms with van der Waals surface area (Å²) in [6.07, 6.45) is 3.70. The second kappa shape index (κ2) is 12.3. The van der Waals surface area contributed by atoms with E-state index in [-0.39, 0.29) is 30.6 Å². The Balaban J connectivity index is 1.55. The Morgan fingerprint density at radius 2 is 1.68 bits per heavy atom. The molecule has 5 rings (SSSR count). The van der Waals surface area contributed by atoms with Crippen LogP contribution in [0.5, 0.6) is 11.5 Å². The Morgan fingerprint density at radius 1 is 0.927 bits per heavy atom. The predicted molar refractivity (Wildman–Crippen MR) is 156 cm³/mol. The number of carbonyl (C=O) groups is 2. The van der Waals surface area contributed by atoms with Crippen molar-refractivity contribution in [2.75, 3.05) is 32.2 Å². The molecule has 4 aromatic rings. The number of nitrogens with zero attached hydrogens (tertiary/aromatic N) is 3. The maximum absolute atomic E-state index is 14.4. The first-order chi connectivity index (χ1) is 19.9. The highest BCUT2D eigenvalue weighted by Gasteiger charge is 2.38. The summed E-state index contributed by atoms with van der Waals surface area (Å²) in [6, 6.07) is 22.6. The molecule has 3 aromatic carbocycles. The molecule has 1 aliphatic heterocycles. The zero-order chi connectivity index (χ0) is 28.9. The van der Waals surface area contributed by atoms with Crippen LogP contribution in [0.25, 0.3) is 5.69 Å². The minimum Gasteiger partial charge on any atom is -0.497 e. The predicted octanol–water partition coefficient (Wildman–Crippen LogP) is 5.94. The summed E-state index contributed by atoms with van der Waals surface area (Å²) in [5, 5.41) is 0. The van der Waals surface area contributed by atoms with E-state index in [1.807, 2.05) is 67.7 Å². The van der Waals surface area contributed by atoms with E-state index in [0.29, 0.717) is 23.6 Å². The first-order valence-electron chi connectivity index (χ1n) is 13.8. The first-order valence-corrected chi connectivity index (χ1v) is 13.8. The highest BCUT2D eigenvalue weighted by atomic mass is 19.1. The van der Waals surface area contributed by atoms with Gasteiger partial charge in [0.25, 0.3) is 0 Å². The van der Waals surface area contributed by atoms with Crippen LogP contribution in [0.4, 0.5) is 10.1 Å². The smallest absolute Gasteiger partial charge is 0.247 e. The normalized spacial score (nSPS) is 13.8. The van der Waals surface area contributed by atoms with Gasteiger partial charge in [0.1, 0.15) is 29.9 Å². The number of aromatic nitrogens is 1. The molecule has 0 aliphatic carbocycles. The zero-order valence-electron chi connectivity index (χ0n) is 23.5. The van der Waals surface area contributed by atoms with Crippen molar-refractivity contribution in [3.8, 4) is 17.2 Å². The molecule has 1 atom stereocenters. The van der Waals surface area contributed by atoms with Crippen molar-refractivity contribution in [2.45, 2.75) is 32.2 Å². The lowest BCUT2D eigenvalue weighted by atomic mass is 9.96. The van der Waals surface area contributed by atoms with Gasteiger partial charge in [-0.05, 0) is 66.6 Å². The molecule has 212 valence electrons. The molecule has 0 spiro atoms. The van der Waals surface area contributed by atoms with Crippen molar-refractivity contribution >= 4 is 17.5 Å². The fourth-order valence-electron chi connectivity index (χ4n) is 5.38. The number of carbonyl (C=O) groups excluding carboxylic acids is 2. The van der Waals surface area contributed by atoms with Gasteiger partial charge in [-0.3, -0.25) is 14.5 Å². The topological polar surface area (TPSA) is 64.0 Å². The molecule has 1 aliphatic rings. The monoisotopic (exact) mass is 555 g/mol. The van der Waals surface area contributed by atoms with E-state index in [9.17, 15) is 14.0 Å². The number of para-hydroxylation sites is 2. The first kappa shape index (κ1) is 28.0. The lowest BCUT2D eigenvalue weighted by Gasteiger charge is -2.40. The van der Waals surface area contributed by atoms with Gasteiger partial charge in [0.05, 0.1) is 37.7 Å².